The van der Waals surface area contributed by atoms with Crippen LogP contribution in [0.15, 0.2) is 30.3 Å². The number of carbonyl (C=O) groups excluding carboxylic acids is 2. The molecule has 0 aliphatic rings. The van der Waals surface area contributed by atoms with Crippen molar-refractivity contribution in [1.29, 1.82) is 0 Å². The molecule has 1 N–H and O–H groups in total. The number of nitrogens with zero attached hydrogens (tertiary/aromatic N) is 1. The van der Waals surface area contributed by atoms with Crippen molar-refractivity contribution in [2.45, 2.75) is 85.0 Å². The van der Waals surface area contributed by atoms with E-state index in [9.17, 15) is 9.59 Å². The van der Waals surface area contributed by atoms with Crippen molar-refractivity contribution in [1.82, 2.24) is 4.90 Å². The molecule has 0 heterocycles. The van der Waals surface area contributed by atoms with Gasteiger partial charge in [0.15, 0.2) is 0 Å². The Morgan fingerprint density at radius 1 is 1.03 bits per heavy atom. The third kappa shape index (κ3) is 7.58. The Bertz CT molecular complexity index is 1010. The van der Waals surface area contributed by atoms with Gasteiger partial charge in [-0.25, -0.2) is 0 Å². The van der Waals surface area contributed by atoms with Crippen LogP contribution in [0, 0.1) is 13.8 Å². The Hall–Kier alpha value is -2.82. The van der Waals surface area contributed by atoms with E-state index in [2.05, 4.69) is 59.0 Å². The Morgan fingerprint density at radius 3 is 2.17 bits per heavy atom. The molecule has 0 saturated carbocycles. The van der Waals surface area contributed by atoms with Crippen LogP contribution in [0.5, 0.6) is 5.75 Å². The molecular weight excluding hydrogens is 436 g/mol. The first-order chi connectivity index (χ1) is 16.4. The van der Waals surface area contributed by atoms with Gasteiger partial charge in [-0.15, -0.1) is 0 Å². The van der Waals surface area contributed by atoms with Gasteiger partial charge in [-0.2, -0.15) is 0 Å². The fourth-order valence-corrected chi connectivity index (χ4v) is 4.69. The third-order valence-corrected chi connectivity index (χ3v) is 6.50. The molecule has 5 heteroatoms. The first kappa shape index (κ1) is 28.4. The minimum atomic E-state index is -0.174. The largest absolute Gasteiger partial charge is 0.496 e. The molecule has 0 aliphatic carbocycles. The maximum Gasteiger partial charge on any atom is 0.253 e. The number of ether oxygens (including phenoxy) is 1. The summed E-state index contributed by atoms with van der Waals surface area (Å²) in [4.78, 5) is 27.5. The zero-order valence-corrected chi connectivity index (χ0v) is 23.2. The van der Waals surface area contributed by atoms with E-state index < -0.39 is 0 Å². The van der Waals surface area contributed by atoms with Crippen molar-refractivity contribution < 1.29 is 14.3 Å². The van der Waals surface area contributed by atoms with Crippen LogP contribution in [0.3, 0.4) is 0 Å². The molecule has 0 fully saturated rings. The van der Waals surface area contributed by atoms with Crippen LogP contribution < -0.4 is 10.1 Å². The Morgan fingerprint density at radius 2 is 1.66 bits per heavy atom. The van der Waals surface area contributed by atoms with E-state index in [1.165, 1.54) is 5.56 Å². The molecule has 35 heavy (non-hydrogen) atoms. The van der Waals surface area contributed by atoms with Gasteiger partial charge in [0.05, 0.1) is 7.11 Å². The average molecular weight is 481 g/mol. The van der Waals surface area contributed by atoms with E-state index in [4.69, 9.17) is 4.74 Å². The number of unbranched alkanes of at least 4 members (excludes halogenated alkanes) is 2. The molecule has 5 nitrogen and oxygen atoms in total. The number of anilines is 1. The summed E-state index contributed by atoms with van der Waals surface area (Å²) in [6.07, 6.45) is 4.72. The minimum absolute atomic E-state index is 0.0300. The third-order valence-electron chi connectivity index (χ3n) is 6.50. The van der Waals surface area contributed by atoms with Crippen molar-refractivity contribution in [3.8, 4) is 5.75 Å². The lowest BCUT2D eigenvalue weighted by molar-refractivity contribution is -0.116. The minimum Gasteiger partial charge on any atom is -0.496 e. The second-order valence-corrected chi connectivity index (χ2v) is 10.8. The molecule has 2 rings (SSSR count). The molecule has 192 valence electrons. The molecule has 2 aromatic carbocycles. The van der Waals surface area contributed by atoms with Gasteiger partial charge in [0.2, 0.25) is 5.91 Å². The number of methoxy groups -OCH3 is 1. The zero-order valence-electron chi connectivity index (χ0n) is 23.2. The number of amides is 2. The SMILES string of the molecule is CCCCCC(CC(=O)Nc1cc(C(=O)N(C)C)ccc1C(C)(C)C)c1cc(C)c(OC)c(C)c1. The second-order valence-electron chi connectivity index (χ2n) is 10.8. The fraction of sp³-hybridized carbons (Fsp3) is 0.533. The van der Waals surface area contributed by atoms with E-state index in [-0.39, 0.29) is 23.1 Å². The summed E-state index contributed by atoms with van der Waals surface area (Å²) < 4.78 is 5.55. The highest BCUT2D eigenvalue weighted by molar-refractivity contribution is 5.98. The van der Waals surface area contributed by atoms with E-state index in [1.54, 1.807) is 26.1 Å². The normalized spacial score (nSPS) is 12.3. The summed E-state index contributed by atoms with van der Waals surface area (Å²) in [5, 5.41) is 3.16. The van der Waals surface area contributed by atoms with Gasteiger partial charge in [-0.3, -0.25) is 9.59 Å². The summed E-state index contributed by atoms with van der Waals surface area (Å²) in [6.45, 7) is 12.6. The molecule has 2 aromatic rings. The van der Waals surface area contributed by atoms with Gasteiger partial charge in [0.25, 0.3) is 5.91 Å². The topological polar surface area (TPSA) is 58.6 Å². The van der Waals surface area contributed by atoms with E-state index >= 15 is 0 Å². The van der Waals surface area contributed by atoms with Gasteiger partial charge in [-0.05, 0) is 66.0 Å². The molecule has 0 aliphatic heterocycles. The summed E-state index contributed by atoms with van der Waals surface area (Å²) in [5.74, 6) is 0.914. The maximum absolute atomic E-state index is 13.4. The maximum atomic E-state index is 13.4. The standard InChI is InChI=1S/C30H44N2O3/c1-10-11-12-13-22(24-16-20(2)28(35-9)21(3)17-24)19-27(33)31-26-18-23(29(34)32(7)8)14-15-25(26)30(4,5)6/h14-18,22H,10-13,19H2,1-9H3,(H,31,33). The molecule has 1 unspecified atom stereocenters. The van der Waals surface area contributed by atoms with E-state index in [0.29, 0.717) is 17.7 Å². The summed E-state index contributed by atoms with van der Waals surface area (Å²) in [7, 11) is 5.17. The number of rotatable bonds is 10. The van der Waals surface area contributed by atoms with Gasteiger partial charge in [0, 0.05) is 31.8 Å². The predicted octanol–water partition coefficient (Wildman–Crippen LogP) is 7.00. The van der Waals surface area contributed by atoms with Crippen molar-refractivity contribution in [2.75, 3.05) is 26.5 Å². The second kappa shape index (κ2) is 12.2. The van der Waals surface area contributed by atoms with E-state index in [1.807, 2.05) is 18.2 Å². The lowest BCUT2D eigenvalue weighted by Gasteiger charge is -2.25. The van der Waals surface area contributed by atoms with Crippen molar-refractivity contribution in [3.63, 3.8) is 0 Å². The number of benzene rings is 2. The lowest BCUT2D eigenvalue weighted by Crippen LogP contribution is -2.24. The number of carbonyl (C=O) groups is 2. The monoisotopic (exact) mass is 480 g/mol. The molecule has 1 atom stereocenters. The molecule has 0 spiro atoms. The molecule has 2 amide bonds. The van der Waals surface area contributed by atoms with Gasteiger partial charge < -0.3 is 15.0 Å². The van der Waals surface area contributed by atoms with Crippen LogP contribution in [0.1, 0.15) is 98.3 Å². The lowest BCUT2D eigenvalue weighted by atomic mass is 9.84. The Kier molecular flexibility index (Phi) is 9.93. The summed E-state index contributed by atoms with van der Waals surface area (Å²) in [5.41, 5.74) is 5.48. The number of hydrogen-bond donors (Lipinski definition) is 1. The van der Waals surface area contributed by atoms with Crippen LogP contribution in [0.4, 0.5) is 5.69 Å². The van der Waals surface area contributed by atoms with Crippen LogP contribution >= 0.6 is 0 Å². The molecule has 0 aromatic heterocycles. The molecular formula is C30H44N2O3. The zero-order chi connectivity index (χ0) is 26.3. The predicted molar refractivity (Wildman–Crippen MR) is 146 cm³/mol. The highest BCUT2D eigenvalue weighted by Crippen LogP contribution is 2.34. The summed E-state index contributed by atoms with van der Waals surface area (Å²) >= 11 is 0. The first-order valence-corrected chi connectivity index (χ1v) is 12.7. The molecule has 0 bridgehead atoms. The fourth-order valence-electron chi connectivity index (χ4n) is 4.69. The van der Waals surface area contributed by atoms with Gasteiger partial charge in [0.1, 0.15) is 5.75 Å². The molecule has 0 radical (unpaired) electrons. The molecule has 0 saturated heterocycles. The van der Waals surface area contributed by atoms with Crippen LogP contribution in [0.25, 0.3) is 0 Å². The summed E-state index contributed by atoms with van der Waals surface area (Å²) in [6, 6.07) is 9.93. The Labute approximate surface area is 212 Å². The van der Waals surface area contributed by atoms with Crippen molar-refractivity contribution >= 4 is 17.5 Å². The average Bonchev–Trinajstić information content (AvgIpc) is 2.76. The van der Waals surface area contributed by atoms with Crippen LogP contribution in [-0.4, -0.2) is 37.9 Å². The van der Waals surface area contributed by atoms with Gasteiger partial charge in [-0.1, -0.05) is 65.2 Å². The number of nitrogens with one attached hydrogen (secondary N) is 1. The number of hydrogen-bond acceptors (Lipinski definition) is 3. The highest BCUT2D eigenvalue weighted by Gasteiger charge is 2.23. The smallest absolute Gasteiger partial charge is 0.253 e. The number of aryl methyl sites for hydroxylation is 2. The Balaban J connectivity index is 2.36. The van der Waals surface area contributed by atoms with E-state index in [0.717, 1.165) is 48.1 Å². The van der Waals surface area contributed by atoms with Crippen LogP contribution in [-0.2, 0) is 10.2 Å². The van der Waals surface area contributed by atoms with Gasteiger partial charge >= 0.3 is 0 Å². The van der Waals surface area contributed by atoms with Crippen molar-refractivity contribution in [3.05, 3.63) is 58.1 Å². The quantitative estimate of drug-likeness (QED) is 0.372. The first-order valence-electron chi connectivity index (χ1n) is 12.7. The highest BCUT2D eigenvalue weighted by atomic mass is 16.5. The van der Waals surface area contributed by atoms with Crippen molar-refractivity contribution in [2.24, 2.45) is 0 Å². The van der Waals surface area contributed by atoms with Crippen LogP contribution in [0.2, 0.25) is 0 Å².